The summed E-state index contributed by atoms with van der Waals surface area (Å²) in [6.07, 6.45) is 2.93. The maximum Gasteiger partial charge on any atom is 0.273 e. The average Bonchev–Trinajstić information content (AvgIpc) is 3.31. The highest BCUT2D eigenvalue weighted by atomic mass is 19.1. The molecule has 9 heteroatoms. The lowest BCUT2D eigenvalue weighted by Gasteiger charge is -2.14. The van der Waals surface area contributed by atoms with Gasteiger partial charge in [-0.05, 0) is 24.1 Å². The van der Waals surface area contributed by atoms with Crippen LogP contribution in [0, 0.1) is 5.82 Å². The number of nitrogens with zero attached hydrogens (tertiary/aromatic N) is 5. The Labute approximate surface area is 149 Å². The van der Waals surface area contributed by atoms with Gasteiger partial charge in [0.2, 0.25) is 5.89 Å². The molecule has 1 N–H and O–H groups in total. The van der Waals surface area contributed by atoms with Gasteiger partial charge in [0, 0.05) is 6.42 Å². The number of benzene rings is 1. The van der Waals surface area contributed by atoms with E-state index in [1.54, 1.807) is 23.0 Å². The fourth-order valence-electron chi connectivity index (χ4n) is 2.55. The summed E-state index contributed by atoms with van der Waals surface area (Å²) in [6, 6.07) is 6.07. The first-order chi connectivity index (χ1) is 12.6. The number of nitrogens with one attached hydrogen (secondary N) is 1. The summed E-state index contributed by atoms with van der Waals surface area (Å²) in [5, 5.41) is 14.4. The minimum atomic E-state index is -0.381. The molecule has 3 aromatic rings. The van der Waals surface area contributed by atoms with Crippen LogP contribution in [0.4, 0.5) is 4.39 Å². The van der Waals surface area contributed by atoms with Gasteiger partial charge < -0.3 is 9.84 Å². The molecule has 2 aromatic heterocycles. The molecule has 0 spiro atoms. The Morgan fingerprint density at radius 3 is 2.73 bits per heavy atom. The Hall–Kier alpha value is -3.10. The maximum atomic E-state index is 13.1. The minimum Gasteiger partial charge on any atom is -0.343 e. The normalized spacial score (nSPS) is 12.1. The van der Waals surface area contributed by atoms with Gasteiger partial charge in [0.1, 0.15) is 5.82 Å². The van der Waals surface area contributed by atoms with Crippen molar-refractivity contribution in [3.8, 4) is 0 Å². The van der Waals surface area contributed by atoms with Gasteiger partial charge in [0.05, 0.1) is 18.8 Å². The Morgan fingerprint density at radius 2 is 2.08 bits per heavy atom. The lowest BCUT2D eigenvalue weighted by Crippen LogP contribution is -2.23. The second-order valence-electron chi connectivity index (χ2n) is 5.70. The van der Waals surface area contributed by atoms with Crippen LogP contribution in [0.5, 0.6) is 0 Å². The molecule has 0 aliphatic heterocycles. The van der Waals surface area contributed by atoms with E-state index in [9.17, 15) is 9.18 Å². The average molecular weight is 358 g/mol. The number of aromatic nitrogens is 5. The van der Waals surface area contributed by atoms with E-state index in [2.05, 4.69) is 25.8 Å². The number of amides is 1. The van der Waals surface area contributed by atoms with Gasteiger partial charge in [-0.2, -0.15) is 4.98 Å². The van der Waals surface area contributed by atoms with Gasteiger partial charge in [-0.25, -0.2) is 9.07 Å². The third-order valence-electron chi connectivity index (χ3n) is 3.92. The number of halogens is 1. The second-order valence-corrected chi connectivity index (χ2v) is 5.70. The third-order valence-corrected chi connectivity index (χ3v) is 3.92. The Morgan fingerprint density at radius 1 is 1.31 bits per heavy atom. The summed E-state index contributed by atoms with van der Waals surface area (Å²) in [5.74, 6) is 0.244. The maximum absolute atomic E-state index is 13.1. The Kier molecular flexibility index (Phi) is 5.35. The van der Waals surface area contributed by atoms with E-state index in [0.29, 0.717) is 18.1 Å². The zero-order chi connectivity index (χ0) is 18.5. The number of carbonyl (C=O) groups is 1. The van der Waals surface area contributed by atoms with Crippen molar-refractivity contribution in [2.24, 2.45) is 0 Å². The van der Waals surface area contributed by atoms with Crippen LogP contribution in [0.2, 0.25) is 0 Å². The van der Waals surface area contributed by atoms with Crippen molar-refractivity contribution >= 4 is 5.91 Å². The van der Waals surface area contributed by atoms with Crippen LogP contribution >= 0.6 is 0 Å². The molecule has 1 amide bonds. The molecule has 0 saturated carbocycles. The van der Waals surface area contributed by atoms with Crippen LogP contribution in [0.15, 0.2) is 35.0 Å². The Balaban J connectivity index is 1.67. The Bertz CT molecular complexity index is 874. The van der Waals surface area contributed by atoms with E-state index >= 15 is 0 Å². The van der Waals surface area contributed by atoms with Gasteiger partial charge in [0.15, 0.2) is 11.5 Å². The van der Waals surface area contributed by atoms with E-state index in [0.717, 1.165) is 12.0 Å². The number of carbonyl (C=O) groups excluding carboxylic acids is 1. The van der Waals surface area contributed by atoms with Gasteiger partial charge in [0.25, 0.3) is 5.91 Å². The molecule has 0 bridgehead atoms. The molecule has 0 saturated heterocycles. The quantitative estimate of drug-likeness (QED) is 0.696. The van der Waals surface area contributed by atoms with Crippen molar-refractivity contribution in [1.29, 1.82) is 0 Å². The number of rotatable bonds is 7. The summed E-state index contributed by atoms with van der Waals surface area (Å²) in [5.41, 5.74) is 1.08. The van der Waals surface area contributed by atoms with Gasteiger partial charge in [-0.1, -0.05) is 36.4 Å². The summed E-state index contributed by atoms with van der Waals surface area (Å²) < 4.78 is 19.7. The lowest BCUT2D eigenvalue weighted by atomic mass is 10.0. The number of hydrogen-bond acceptors (Lipinski definition) is 6. The first kappa shape index (κ1) is 17.7. The van der Waals surface area contributed by atoms with E-state index in [1.165, 1.54) is 12.1 Å². The molecule has 0 radical (unpaired) electrons. The van der Waals surface area contributed by atoms with Crippen LogP contribution < -0.4 is 5.32 Å². The van der Waals surface area contributed by atoms with Crippen molar-refractivity contribution in [2.45, 2.75) is 39.3 Å². The van der Waals surface area contributed by atoms with E-state index in [1.807, 2.05) is 13.8 Å². The van der Waals surface area contributed by atoms with E-state index in [-0.39, 0.29) is 30.0 Å². The molecule has 0 fully saturated rings. The zero-order valence-corrected chi connectivity index (χ0v) is 14.5. The first-order valence-corrected chi connectivity index (χ1v) is 8.37. The highest BCUT2D eigenvalue weighted by Gasteiger charge is 2.17. The molecule has 0 unspecified atom stereocenters. The molecule has 26 heavy (non-hydrogen) atoms. The van der Waals surface area contributed by atoms with Gasteiger partial charge in [-0.15, -0.1) is 5.10 Å². The molecule has 0 aliphatic carbocycles. The van der Waals surface area contributed by atoms with Crippen molar-refractivity contribution in [1.82, 2.24) is 30.5 Å². The second kappa shape index (κ2) is 7.85. The molecule has 3 rings (SSSR count). The molecule has 1 aromatic carbocycles. The molecule has 1 atom stereocenters. The highest BCUT2D eigenvalue weighted by Crippen LogP contribution is 2.21. The topological polar surface area (TPSA) is 98.7 Å². The fourth-order valence-corrected chi connectivity index (χ4v) is 2.55. The van der Waals surface area contributed by atoms with Crippen molar-refractivity contribution in [3.63, 3.8) is 0 Å². The zero-order valence-electron chi connectivity index (χ0n) is 14.5. The third kappa shape index (κ3) is 3.93. The van der Waals surface area contributed by atoms with Gasteiger partial charge >= 0.3 is 0 Å². The van der Waals surface area contributed by atoms with Crippen LogP contribution in [-0.2, 0) is 13.0 Å². The van der Waals surface area contributed by atoms with Gasteiger partial charge in [-0.3, -0.25) is 4.79 Å². The summed E-state index contributed by atoms with van der Waals surface area (Å²) >= 11 is 0. The van der Waals surface area contributed by atoms with Crippen molar-refractivity contribution in [3.05, 3.63) is 59.3 Å². The van der Waals surface area contributed by atoms with Crippen LogP contribution in [-0.4, -0.2) is 31.0 Å². The SMILES string of the molecule is CCc1nc(CNC(=O)c2cn([C@@H](CC)c3ccc(F)cc3)nn2)no1. The largest absolute Gasteiger partial charge is 0.343 e. The lowest BCUT2D eigenvalue weighted by molar-refractivity contribution is 0.0944. The monoisotopic (exact) mass is 358 g/mol. The van der Waals surface area contributed by atoms with E-state index in [4.69, 9.17) is 4.52 Å². The van der Waals surface area contributed by atoms with Crippen LogP contribution in [0.3, 0.4) is 0 Å². The summed E-state index contributed by atoms with van der Waals surface area (Å²) in [6.45, 7) is 4.03. The predicted octanol–water partition coefficient (Wildman–Crippen LogP) is 2.29. The first-order valence-electron chi connectivity index (χ1n) is 8.37. The molecule has 0 aliphatic rings. The number of aryl methyl sites for hydroxylation is 1. The van der Waals surface area contributed by atoms with Crippen molar-refractivity contribution < 1.29 is 13.7 Å². The van der Waals surface area contributed by atoms with E-state index < -0.39 is 0 Å². The smallest absolute Gasteiger partial charge is 0.273 e. The van der Waals surface area contributed by atoms with Crippen LogP contribution in [0.1, 0.15) is 54.1 Å². The molecule has 2 heterocycles. The predicted molar refractivity (Wildman–Crippen MR) is 89.7 cm³/mol. The van der Waals surface area contributed by atoms with Crippen molar-refractivity contribution in [2.75, 3.05) is 0 Å². The molecule has 8 nitrogen and oxygen atoms in total. The molecular formula is C17H19FN6O2. The summed E-state index contributed by atoms with van der Waals surface area (Å²) in [7, 11) is 0. The van der Waals surface area contributed by atoms with Crippen LogP contribution in [0.25, 0.3) is 0 Å². The number of hydrogen-bond donors (Lipinski definition) is 1. The molecule has 136 valence electrons. The fraction of sp³-hybridized carbons (Fsp3) is 0.353. The standard InChI is InChI=1S/C17H19FN6O2/c1-3-14(11-5-7-12(18)8-6-11)24-10-13(21-23-24)17(25)19-9-15-20-16(4-2)26-22-15/h5-8,10,14H,3-4,9H2,1-2H3,(H,19,25)/t14-/m0/s1. The summed E-state index contributed by atoms with van der Waals surface area (Å²) in [4.78, 5) is 16.4. The highest BCUT2D eigenvalue weighted by molar-refractivity contribution is 5.91. The molecular weight excluding hydrogens is 339 g/mol. The minimum absolute atomic E-state index is 0.131.